The van der Waals surface area contributed by atoms with Crippen LogP contribution in [-0.2, 0) is 11.2 Å². The molecule has 0 spiro atoms. The molecule has 1 aromatic carbocycles. The Morgan fingerprint density at radius 2 is 2.00 bits per heavy atom. The third kappa shape index (κ3) is 5.29. The quantitative estimate of drug-likeness (QED) is 0.390. The van der Waals surface area contributed by atoms with E-state index in [1.165, 1.54) is 29.2 Å². The second-order valence-corrected chi connectivity index (χ2v) is 8.05. The van der Waals surface area contributed by atoms with E-state index in [4.69, 9.17) is 9.47 Å². The van der Waals surface area contributed by atoms with E-state index in [1.807, 2.05) is 30.5 Å². The molecule has 9 nitrogen and oxygen atoms in total. The molecule has 4 aromatic rings. The molecule has 0 saturated carbocycles. The summed E-state index contributed by atoms with van der Waals surface area (Å²) < 4.78 is 12.3. The van der Waals surface area contributed by atoms with Crippen molar-refractivity contribution in [2.24, 2.45) is 0 Å². The predicted molar refractivity (Wildman–Crippen MR) is 126 cm³/mol. The molecule has 3 aromatic heterocycles. The molecule has 0 fully saturated rings. The Bertz CT molecular complexity index is 1300. The minimum Gasteiger partial charge on any atom is -0.493 e. The first-order valence-corrected chi connectivity index (χ1v) is 11.3. The van der Waals surface area contributed by atoms with Crippen molar-refractivity contribution < 1.29 is 14.3 Å². The van der Waals surface area contributed by atoms with Gasteiger partial charge in [0.05, 0.1) is 12.0 Å². The number of ether oxygens (including phenoxy) is 2. The zero-order valence-electron chi connectivity index (χ0n) is 18.2. The summed E-state index contributed by atoms with van der Waals surface area (Å²) in [6, 6.07) is 14.1. The van der Waals surface area contributed by atoms with Crippen LogP contribution in [0.4, 0.5) is 5.82 Å². The number of aryl methyl sites for hydroxylation is 1. The lowest BCUT2D eigenvalue weighted by molar-refractivity contribution is -0.118. The summed E-state index contributed by atoms with van der Waals surface area (Å²) in [6.45, 7) is 1.78. The molecule has 0 bridgehead atoms. The Labute approximate surface area is 194 Å². The van der Waals surface area contributed by atoms with Gasteiger partial charge in [-0.3, -0.25) is 14.6 Å². The molecule has 0 aliphatic heterocycles. The summed E-state index contributed by atoms with van der Waals surface area (Å²) in [5.74, 6) is 1.19. The molecule has 3 heterocycles. The first kappa shape index (κ1) is 22.3. The zero-order chi connectivity index (χ0) is 23.2. The monoisotopic (exact) mass is 465 g/mol. The minimum atomic E-state index is -0.396. The van der Waals surface area contributed by atoms with Crippen LogP contribution in [-0.4, -0.2) is 39.4 Å². The number of amides is 1. The highest BCUT2D eigenvalue weighted by atomic mass is 32.1. The topological polar surface area (TPSA) is 111 Å². The summed E-state index contributed by atoms with van der Waals surface area (Å²) in [6.07, 6.45) is 1.50. The number of nitrogens with one attached hydrogen (secondary N) is 2. The molecule has 33 heavy (non-hydrogen) atoms. The van der Waals surface area contributed by atoms with Crippen LogP contribution in [0.25, 0.3) is 16.5 Å². The highest BCUT2D eigenvalue weighted by molar-refractivity contribution is 7.13. The van der Waals surface area contributed by atoms with Gasteiger partial charge in [0, 0.05) is 17.8 Å². The Morgan fingerprint density at radius 1 is 1.18 bits per heavy atom. The normalized spacial score (nSPS) is 10.7. The summed E-state index contributed by atoms with van der Waals surface area (Å²) in [5, 5.41) is 9.33. The van der Waals surface area contributed by atoms with Crippen LogP contribution in [0.3, 0.4) is 0 Å². The van der Waals surface area contributed by atoms with Gasteiger partial charge >= 0.3 is 0 Å². The molecule has 0 atom stereocenters. The number of nitrogens with zero attached hydrogens (tertiary/aromatic N) is 3. The van der Waals surface area contributed by atoms with Crippen LogP contribution in [0.2, 0.25) is 0 Å². The third-order valence-corrected chi connectivity index (χ3v) is 5.56. The van der Waals surface area contributed by atoms with E-state index in [0.29, 0.717) is 35.1 Å². The van der Waals surface area contributed by atoms with E-state index < -0.39 is 5.91 Å². The van der Waals surface area contributed by atoms with Gasteiger partial charge in [0.2, 0.25) is 5.95 Å². The highest BCUT2D eigenvalue weighted by Crippen LogP contribution is 2.28. The second-order valence-electron chi connectivity index (χ2n) is 7.10. The number of hydrogen-bond acceptors (Lipinski definition) is 7. The van der Waals surface area contributed by atoms with Crippen LogP contribution in [0.5, 0.6) is 11.5 Å². The molecule has 0 saturated heterocycles. The van der Waals surface area contributed by atoms with E-state index in [9.17, 15) is 9.59 Å². The Morgan fingerprint density at radius 3 is 2.73 bits per heavy atom. The van der Waals surface area contributed by atoms with Gasteiger partial charge in [0.1, 0.15) is 11.5 Å². The molecule has 1 amide bonds. The number of anilines is 1. The summed E-state index contributed by atoms with van der Waals surface area (Å²) in [7, 11) is 1.54. The Hall–Kier alpha value is -3.92. The van der Waals surface area contributed by atoms with Crippen LogP contribution >= 0.6 is 11.3 Å². The average molecular weight is 466 g/mol. The van der Waals surface area contributed by atoms with Gasteiger partial charge < -0.3 is 14.8 Å². The maximum absolute atomic E-state index is 12.7. The van der Waals surface area contributed by atoms with Crippen molar-refractivity contribution >= 4 is 23.1 Å². The molecular weight excluding hydrogens is 442 g/mol. The Balaban J connectivity index is 1.62. The van der Waals surface area contributed by atoms with E-state index in [2.05, 4.69) is 20.4 Å². The molecule has 0 aliphatic carbocycles. The smallest absolute Gasteiger partial charge is 0.263 e. The van der Waals surface area contributed by atoms with Crippen LogP contribution in [0, 0.1) is 0 Å². The maximum Gasteiger partial charge on any atom is 0.263 e. The molecule has 0 radical (unpaired) electrons. The fraction of sp³-hybridized carbons (Fsp3) is 0.217. The Kier molecular flexibility index (Phi) is 6.84. The van der Waals surface area contributed by atoms with Crippen molar-refractivity contribution in [3.8, 4) is 28.0 Å². The molecule has 0 aliphatic rings. The van der Waals surface area contributed by atoms with Gasteiger partial charge in [-0.1, -0.05) is 31.5 Å². The molecule has 2 N–H and O–H groups in total. The summed E-state index contributed by atoms with van der Waals surface area (Å²) in [4.78, 5) is 33.0. The number of benzene rings is 1. The van der Waals surface area contributed by atoms with Crippen molar-refractivity contribution in [3.63, 3.8) is 0 Å². The van der Waals surface area contributed by atoms with Gasteiger partial charge in [-0.05, 0) is 30.0 Å². The molecule has 10 heteroatoms. The minimum absolute atomic E-state index is 0.231. The molecule has 0 unspecified atom stereocenters. The fourth-order valence-electron chi connectivity index (χ4n) is 3.21. The van der Waals surface area contributed by atoms with Gasteiger partial charge in [-0.15, -0.1) is 11.3 Å². The third-order valence-electron chi connectivity index (χ3n) is 4.67. The number of H-pyrrole nitrogens is 1. The van der Waals surface area contributed by atoms with Crippen LogP contribution in [0.1, 0.15) is 19.0 Å². The van der Waals surface area contributed by atoms with Crippen LogP contribution in [0.15, 0.2) is 58.7 Å². The number of thiophene rings is 1. The van der Waals surface area contributed by atoms with Gasteiger partial charge in [-0.25, -0.2) is 4.98 Å². The standard InChI is InChI=1S/C23H23N5O4S/c1-3-7-15-12-21(29)26-23(24-15)28-20(13-16(27-28)19-10-6-11-33-19)25-22(30)14-32-18-9-5-4-8-17(18)31-2/h4-6,8-13H,3,7,14H2,1-2H3,(H,25,30)(H,24,26,29). The van der Waals surface area contributed by atoms with Crippen molar-refractivity contribution in [2.75, 3.05) is 19.0 Å². The van der Waals surface area contributed by atoms with Crippen LogP contribution < -0.4 is 20.3 Å². The summed E-state index contributed by atoms with van der Waals surface area (Å²) >= 11 is 1.52. The average Bonchev–Trinajstić information content (AvgIpc) is 3.48. The number of methoxy groups -OCH3 is 1. The predicted octanol–water partition coefficient (Wildman–Crippen LogP) is 3.66. The van der Waals surface area contributed by atoms with E-state index >= 15 is 0 Å². The number of rotatable bonds is 9. The first-order valence-electron chi connectivity index (χ1n) is 10.4. The summed E-state index contributed by atoms with van der Waals surface area (Å²) in [5.41, 5.74) is 1.02. The zero-order valence-corrected chi connectivity index (χ0v) is 19.0. The number of hydrogen-bond donors (Lipinski definition) is 2. The number of aromatic amines is 1. The van der Waals surface area contributed by atoms with Crippen molar-refractivity contribution in [3.05, 3.63) is 70.0 Å². The number of aromatic nitrogens is 4. The second kappa shape index (κ2) is 10.1. The number of para-hydroxylation sites is 2. The largest absolute Gasteiger partial charge is 0.493 e. The van der Waals surface area contributed by atoms with E-state index in [-0.39, 0.29) is 18.1 Å². The van der Waals surface area contributed by atoms with E-state index in [1.54, 1.807) is 24.3 Å². The van der Waals surface area contributed by atoms with Gasteiger partial charge in [-0.2, -0.15) is 9.78 Å². The maximum atomic E-state index is 12.7. The molecule has 170 valence electrons. The lowest BCUT2D eigenvalue weighted by Crippen LogP contribution is -2.23. The fourth-order valence-corrected chi connectivity index (χ4v) is 3.90. The number of carbonyl (C=O) groups excluding carboxylic acids is 1. The lowest BCUT2D eigenvalue weighted by atomic mass is 10.2. The van der Waals surface area contributed by atoms with Crippen molar-refractivity contribution in [2.45, 2.75) is 19.8 Å². The highest BCUT2D eigenvalue weighted by Gasteiger charge is 2.17. The van der Waals surface area contributed by atoms with Crippen molar-refractivity contribution in [1.82, 2.24) is 19.7 Å². The lowest BCUT2D eigenvalue weighted by Gasteiger charge is -2.11. The SMILES string of the molecule is CCCc1cc(=O)[nH]c(-n2nc(-c3cccs3)cc2NC(=O)COc2ccccc2OC)n1. The van der Waals surface area contributed by atoms with Crippen molar-refractivity contribution in [1.29, 1.82) is 0 Å². The van der Waals surface area contributed by atoms with Gasteiger partial charge in [0.25, 0.3) is 11.5 Å². The number of carbonyl (C=O) groups is 1. The van der Waals surface area contributed by atoms with E-state index in [0.717, 1.165) is 11.3 Å². The van der Waals surface area contributed by atoms with Gasteiger partial charge in [0.15, 0.2) is 18.1 Å². The molecular formula is C23H23N5O4S. The first-order chi connectivity index (χ1) is 16.1. The molecule has 4 rings (SSSR count).